The Balaban J connectivity index is 3.05. The number of nitrogens with one attached hydrogen (secondary N) is 1. The van der Waals surface area contributed by atoms with Gasteiger partial charge in [0.1, 0.15) is 24.9 Å². The number of amides is 1. The van der Waals surface area contributed by atoms with Crippen molar-refractivity contribution in [2.24, 2.45) is 0 Å². The average molecular weight is 353 g/mol. The molecular weight excluding hydrogens is 330 g/mol. The van der Waals surface area contributed by atoms with E-state index < -0.39 is 74.4 Å². The molecule has 0 aromatic heterocycles. The number of rotatable bonds is 7. The highest BCUT2D eigenvalue weighted by Gasteiger charge is 2.54. The van der Waals surface area contributed by atoms with E-state index in [4.69, 9.17) is 14.9 Å². The maximum absolute atomic E-state index is 11.9. The number of carbonyl (C=O) groups is 2. The van der Waals surface area contributed by atoms with Crippen LogP contribution in [0.25, 0.3) is 0 Å². The molecule has 1 heterocycles. The average Bonchev–Trinajstić information content (AvgIpc) is 2.53. The van der Waals surface area contributed by atoms with E-state index in [-0.39, 0.29) is 0 Å². The second kappa shape index (κ2) is 8.67. The van der Waals surface area contributed by atoms with Gasteiger partial charge in [-0.15, -0.1) is 0 Å². The van der Waals surface area contributed by atoms with Crippen molar-refractivity contribution >= 4 is 11.9 Å². The van der Waals surface area contributed by atoms with Crippen LogP contribution in [0.15, 0.2) is 0 Å². The van der Waals surface area contributed by atoms with Gasteiger partial charge in [0.25, 0.3) is 5.79 Å². The van der Waals surface area contributed by atoms with Crippen LogP contribution in [-0.2, 0) is 19.1 Å². The second-order valence-electron chi connectivity index (χ2n) is 5.46. The van der Waals surface area contributed by atoms with Gasteiger partial charge in [0, 0.05) is 13.3 Å². The molecule has 11 heteroatoms. The van der Waals surface area contributed by atoms with Crippen molar-refractivity contribution < 1.29 is 49.7 Å². The third kappa shape index (κ3) is 4.83. The SMILES string of the molecule is CC(=O)N[C@H]1[C@H]([C@H](O)[C@H](O)CO)O[C@](O)(C(=O)OCCO)C[C@@H]1O. The summed E-state index contributed by atoms with van der Waals surface area (Å²) >= 11 is 0. The lowest BCUT2D eigenvalue weighted by atomic mass is 9.88. The zero-order chi connectivity index (χ0) is 18.5. The number of hydrogen-bond acceptors (Lipinski definition) is 10. The fraction of sp³-hybridized carbons (Fsp3) is 0.846. The van der Waals surface area contributed by atoms with Crippen LogP contribution in [-0.4, -0.2) is 98.6 Å². The molecule has 1 saturated heterocycles. The van der Waals surface area contributed by atoms with Crippen LogP contribution in [0.3, 0.4) is 0 Å². The summed E-state index contributed by atoms with van der Waals surface area (Å²) < 4.78 is 9.66. The smallest absolute Gasteiger partial charge is 0.366 e. The summed E-state index contributed by atoms with van der Waals surface area (Å²) in [5.74, 6) is -4.57. The molecular formula is C13H23NO10. The molecule has 11 nitrogen and oxygen atoms in total. The first-order chi connectivity index (χ1) is 11.2. The zero-order valence-corrected chi connectivity index (χ0v) is 13.0. The molecule has 0 spiro atoms. The van der Waals surface area contributed by atoms with Crippen molar-refractivity contribution in [1.29, 1.82) is 0 Å². The molecule has 24 heavy (non-hydrogen) atoms. The molecule has 1 rings (SSSR count). The highest BCUT2D eigenvalue weighted by Crippen LogP contribution is 2.31. The van der Waals surface area contributed by atoms with E-state index >= 15 is 0 Å². The molecule has 1 amide bonds. The van der Waals surface area contributed by atoms with Crippen molar-refractivity contribution in [3.05, 3.63) is 0 Å². The molecule has 0 unspecified atom stereocenters. The molecule has 0 aliphatic carbocycles. The summed E-state index contributed by atoms with van der Waals surface area (Å²) in [7, 11) is 0. The van der Waals surface area contributed by atoms with Crippen LogP contribution in [0.5, 0.6) is 0 Å². The van der Waals surface area contributed by atoms with Crippen LogP contribution in [0.2, 0.25) is 0 Å². The monoisotopic (exact) mass is 353 g/mol. The Morgan fingerprint density at radius 1 is 1.38 bits per heavy atom. The first-order valence-corrected chi connectivity index (χ1v) is 7.26. The van der Waals surface area contributed by atoms with E-state index in [0.717, 1.165) is 6.92 Å². The van der Waals surface area contributed by atoms with E-state index in [1.807, 2.05) is 0 Å². The lowest BCUT2D eigenvalue weighted by Crippen LogP contribution is -2.67. The minimum atomic E-state index is -2.66. The van der Waals surface area contributed by atoms with Gasteiger partial charge in [-0.1, -0.05) is 0 Å². The number of aliphatic hydroxyl groups is 6. The summed E-state index contributed by atoms with van der Waals surface area (Å²) in [5, 5.41) is 59.8. The van der Waals surface area contributed by atoms with E-state index in [2.05, 4.69) is 10.1 Å². The molecule has 1 fully saturated rings. The highest BCUT2D eigenvalue weighted by molar-refractivity contribution is 5.78. The van der Waals surface area contributed by atoms with Gasteiger partial charge in [-0.05, 0) is 0 Å². The molecule has 1 aliphatic rings. The molecule has 0 radical (unpaired) electrons. The summed E-state index contributed by atoms with van der Waals surface area (Å²) in [6.07, 6.45) is -7.37. The Labute approximate surface area is 137 Å². The summed E-state index contributed by atoms with van der Waals surface area (Å²) in [4.78, 5) is 23.1. The van der Waals surface area contributed by atoms with Crippen molar-refractivity contribution in [3.63, 3.8) is 0 Å². The third-order valence-electron chi connectivity index (χ3n) is 3.52. The molecule has 0 aromatic carbocycles. The maximum Gasteiger partial charge on any atom is 0.366 e. The standard InChI is InChI=1S/C13H23NO10/c1-6(17)14-9-7(18)4-13(22,12(21)23-3-2-15)24-11(9)10(20)8(19)5-16/h7-11,15-16,18-20,22H,2-5H2,1H3,(H,14,17)/t7-,8+,9+,10+,11+,13-/m0/s1. The zero-order valence-electron chi connectivity index (χ0n) is 13.0. The molecule has 1 aliphatic heterocycles. The Kier molecular flexibility index (Phi) is 7.48. The van der Waals surface area contributed by atoms with Gasteiger partial charge in [0.2, 0.25) is 5.91 Å². The van der Waals surface area contributed by atoms with Crippen LogP contribution >= 0.6 is 0 Å². The van der Waals surface area contributed by atoms with Crippen LogP contribution < -0.4 is 5.32 Å². The Morgan fingerprint density at radius 2 is 2.00 bits per heavy atom. The molecule has 0 aromatic rings. The topological polar surface area (TPSA) is 186 Å². The van der Waals surface area contributed by atoms with Gasteiger partial charge in [-0.3, -0.25) is 4.79 Å². The van der Waals surface area contributed by atoms with E-state index in [1.54, 1.807) is 0 Å². The molecule has 7 N–H and O–H groups in total. The minimum Gasteiger partial charge on any atom is -0.459 e. The molecule has 0 bridgehead atoms. The molecule has 0 saturated carbocycles. The second-order valence-corrected chi connectivity index (χ2v) is 5.46. The minimum absolute atomic E-state index is 0.428. The van der Waals surface area contributed by atoms with Crippen molar-refractivity contribution in [3.8, 4) is 0 Å². The van der Waals surface area contributed by atoms with Gasteiger partial charge in [-0.2, -0.15) is 0 Å². The van der Waals surface area contributed by atoms with Crippen molar-refractivity contribution in [1.82, 2.24) is 5.32 Å². The Morgan fingerprint density at radius 3 is 2.50 bits per heavy atom. The van der Waals surface area contributed by atoms with Gasteiger partial charge < -0.3 is 45.4 Å². The van der Waals surface area contributed by atoms with E-state index in [0.29, 0.717) is 0 Å². The predicted molar refractivity (Wildman–Crippen MR) is 75.2 cm³/mol. The van der Waals surface area contributed by atoms with Gasteiger partial charge in [0.15, 0.2) is 0 Å². The third-order valence-corrected chi connectivity index (χ3v) is 3.52. The number of ether oxygens (including phenoxy) is 2. The fourth-order valence-corrected chi connectivity index (χ4v) is 2.38. The number of esters is 1. The van der Waals surface area contributed by atoms with Crippen LogP contribution in [0.1, 0.15) is 13.3 Å². The highest BCUT2D eigenvalue weighted by atomic mass is 16.7. The van der Waals surface area contributed by atoms with E-state index in [9.17, 15) is 30.0 Å². The number of aliphatic hydroxyl groups excluding tert-OH is 5. The van der Waals surface area contributed by atoms with Crippen LogP contribution in [0, 0.1) is 0 Å². The summed E-state index contributed by atoms with van der Waals surface area (Å²) in [6, 6.07) is -1.26. The Bertz CT molecular complexity index is 446. The fourth-order valence-electron chi connectivity index (χ4n) is 2.38. The van der Waals surface area contributed by atoms with Gasteiger partial charge >= 0.3 is 5.97 Å². The van der Waals surface area contributed by atoms with E-state index in [1.165, 1.54) is 0 Å². The summed E-state index contributed by atoms with van der Waals surface area (Å²) in [6.45, 7) is -0.664. The molecule has 140 valence electrons. The Hall–Kier alpha value is -1.34. The lowest BCUT2D eigenvalue weighted by Gasteiger charge is -2.45. The van der Waals surface area contributed by atoms with Crippen LogP contribution in [0.4, 0.5) is 0 Å². The first kappa shape index (κ1) is 20.7. The maximum atomic E-state index is 11.9. The lowest BCUT2D eigenvalue weighted by molar-refractivity contribution is -0.297. The van der Waals surface area contributed by atoms with Crippen molar-refractivity contribution in [2.45, 2.75) is 49.6 Å². The number of carbonyl (C=O) groups excluding carboxylic acids is 2. The van der Waals surface area contributed by atoms with Gasteiger partial charge in [0.05, 0.1) is 25.4 Å². The molecule has 6 atom stereocenters. The normalized spacial score (nSPS) is 32.7. The summed E-state index contributed by atoms with van der Waals surface area (Å²) in [5.41, 5.74) is 0. The largest absolute Gasteiger partial charge is 0.459 e. The first-order valence-electron chi connectivity index (χ1n) is 7.26. The number of hydrogen-bond donors (Lipinski definition) is 7. The predicted octanol–water partition coefficient (Wildman–Crippen LogP) is -4.42. The van der Waals surface area contributed by atoms with Gasteiger partial charge in [-0.25, -0.2) is 4.79 Å². The quantitative estimate of drug-likeness (QED) is 0.220. The van der Waals surface area contributed by atoms with Crippen molar-refractivity contribution in [2.75, 3.05) is 19.8 Å².